The molecule has 3 N–H and O–H groups in total. The largest absolute Gasteiger partial charge is 0.494 e. The van der Waals surface area contributed by atoms with E-state index in [1.165, 1.54) is 0 Å². The Balaban J connectivity index is 2.27. The van der Waals surface area contributed by atoms with E-state index in [4.69, 9.17) is 27.8 Å². The van der Waals surface area contributed by atoms with Gasteiger partial charge in [0.1, 0.15) is 10.7 Å². The number of hydrogen-bond donors (Lipinski definition) is 2. The van der Waals surface area contributed by atoms with E-state index >= 15 is 0 Å². The van der Waals surface area contributed by atoms with E-state index in [-0.39, 0.29) is 6.61 Å². The number of benzene rings is 1. The van der Waals surface area contributed by atoms with Crippen LogP contribution in [0, 0.1) is 0 Å². The predicted octanol–water partition coefficient (Wildman–Crippen LogP) is 2.25. The van der Waals surface area contributed by atoms with E-state index in [1.54, 1.807) is 0 Å². The van der Waals surface area contributed by atoms with Crippen molar-refractivity contribution < 1.29 is 9.84 Å². The SMILES string of the molecule is NC(=S)c1cccc(OCCCCCCO)c1. The van der Waals surface area contributed by atoms with Gasteiger partial charge in [-0.3, -0.25) is 0 Å². The Morgan fingerprint density at radius 2 is 2.00 bits per heavy atom. The average molecular weight is 253 g/mol. The van der Waals surface area contributed by atoms with Crippen molar-refractivity contribution >= 4 is 17.2 Å². The number of nitrogens with two attached hydrogens (primary N) is 1. The molecule has 0 unspecified atom stereocenters. The lowest BCUT2D eigenvalue weighted by Gasteiger charge is -2.07. The van der Waals surface area contributed by atoms with Crippen LogP contribution in [0.1, 0.15) is 31.2 Å². The summed E-state index contributed by atoms with van der Waals surface area (Å²) in [6.07, 6.45) is 4.00. The van der Waals surface area contributed by atoms with Crippen LogP contribution in [0.15, 0.2) is 24.3 Å². The fraction of sp³-hybridized carbons (Fsp3) is 0.462. The number of unbranched alkanes of at least 4 members (excludes halogenated alkanes) is 3. The maximum absolute atomic E-state index is 8.63. The molecule has 0 heterocycles. The van der Waals surface area contributed by atoms with Crippen molar-refractivity contribution in [2.75, 3.05) is 13.2 Å². The minimum Gasteiger partial charge on any atom is -0.494 e. The van der Waals surface area contributed by atoms with Crippen LogP contribution >= 0.6 is 12.2 Å². The van der Waals surface area contributed by atoms with Crippen molar-refractivity contribution in [3.63, 3.8) is 0 Å². The van der Waals surface area contributed by atoms with Crippen LogP contribution in [-0.4, -0.2) is 23.3 Å². The summed E-state index contributed by atoms with van der Waals surface area (Å²) in [6.45, 7) is 0.961. The van der Waals surface area contributed by atoms with Crippen molar-refractivity contribution in [1.29, 1.82) is 0 Å². The Bertz CT molecular complexity index is 355. The summed E-state index contributed by atoms with van der Waals surface area (Å²) in [4.78, 5) is 0.387. The van der Waals surface area contributed by atoms with Crippen LogP contribution in [0.25, 0.3) is 0 Å². The van der Waals surface area contributed by atoms with E-state index in [9.17, 15) is 0 Å². The van der Waals surface area contributed by atoms with Crippen molar-refractivity contribution in [3.8, 4) is 5.75 Å². The van der Waals surface area contributed by atoms with Gasteiger partial charge in [0.2, 0.25) is 0 Å². The molecule has 0 aliphatic carbocycles. The molecule has 0 aliphatic heterocycles. The molecule has 0 aromatic heterocycles. The number of ether oxygens (including phenoxy) is 1. The Kier molecular flexibility index (Phi) is 6.58. The van der Waals surface area contributed by atoms with Crippen molar-refractivity contribution in [3.05, 3.63) is 29.8 Å². The third kappa shape index (κ3) is 5.65. The monoisotopic (exact) mass is 253 g/mol. The Morgan fingerprint density at radius 1 is 1.24 bits per heavy atom. The normalized spacial score (nSPS) is 10.2. The first-order valence-electron chi connectivity index (χ1n) is 5.87. The predicted molar refractivity (Wildman–Crippen MR) is 73.4 cm³/mol. The van der Waals surface area contributed by atoms with Crippen LogP contribution in [0.3, 0.4) is 0 Å². The first kappa shape index (κ1) is 13.9. The van der Waals surface area contributed by atoms with Crippen LogP contribution in [0.5, 0.6) is 5.75 Å². The van der Waals surface area contributed by atoms with Gasteiger partial charge in [-0.05, 0) is 31.4 Å². The zero-order valence-electron chi connectivity index (χ0n) is 9.89. The molecule has 0 radical (unpaired) electrons. The summed E-state index contributed by atoms with van der Waals surface area (Å²) in [5, 5.41) is 8.63. The average Bonchev–Trinajstić information content (AvgIpc) is 2.34. The third-order valence-electron chi connectivity index (χ3n) is 2.44. The maximum atomic E-state index is 8.63. The van der Waals surface area contributed by atoms with E-state index < -0.39 is 0 Å². The van der Waals surface area contributed by atoms with Gasteiger partial charge in [-0.15, -0.1) is 0 Å². The van der Waals surface area contributed by atoms with Gasteiger partial charge >= 0.3 is 0 Å². The molecule has 0 aliphatic rings. The zero-order valence-corrected chi connectivity index (χ0v) is 10.7. The third-order valence-corrected chi connectivity index (χ3v) is 2.68. The smallest absolute Gasteiger partial charge is 0.119 e. The van der Waals surface area contributed by atoms with Crippen molar-refractivity contribution in [2.45, 2.75) is 25.7 Å². The van der Waals surface area contributed by atoms with Gasteiger partial charge in [0.05, 0.1) is 6.61 Å². The van der Waals surface area contributed by atoms with E-state index in [0.29, 0.717) is 11.6 Å². The van der Waals surface area contributed by atoms with Gasteiger partial charge in [-0.2, -0.15) is 0 Å². The maximum Gasteiger partial charge on any atom is 0.119 e. The molecule has 0 spiro atoms. The molecule has 0 saturated heterocycles. The number of thiocarbonyl (C=S) groups is 1. The summed E-state index contributed by atoms with van der Waals surface area (Å²) >= 11 is 4.90. The number of rotatable bonds is 8. The summed E-state index contributed by atoms with van der Waals surface area (Å²) in [5.41, 5.74) is 6.38. The summed E-state index contributed by atoms with van der Waals surface area (Å²) in [7, 11) is 0. The molecule has 1 aromatic rings. The number of aliphatic hydroxyl groups is 1. The van der Waals surface area contributed by atoms with Gasteiger partial charge < -0.3 is 15.6 Å². The fourth-order valence-electron chi connectivity index (χ4n) is 1.50. The van der Waals surface area contributed by atoms with Gasteiger partial charge in [-0.25, -0.2) is 0 Å². The van der Waals surface area contributed by atoms with Crippen molar-refractivity contribution in [2.24, 2.45) is 5.73 Å². The Hall–Kier alpha value is -1.13. The lowest BCUT2D eigenvalue weighted by Crippen LogP contribution is -2.09. The van der Waals surface area contributed by atoms with Crippen LogP contribution in [0.4, 0.5) is 0 Å². The highest BCUT2D eigenvalue weighted by molar-refractivity contribution is 7.80. The first-order valence-corrected chi connectivity index (χ1v) is 6.28. The summed E-state index contributed by atoms with van der Waals surface area (Å²) in [5.74, 6) is 0.803. The first-order chi connectivity index (χ1) is 8.24. The van der Waals surface area contributed by atoms with Gasteiger partial charge in [0, 0.05) is 12.2 Å². The van der Waals surface area contributed by atoms with E-state index in [1.807, 2.05) is 24.3 Å². The fourth-order valence-corrected chi connectivity index (χ4v) is 1.62. The molecule has 0 bridgehead atoms. The van der Waals surface area contributed by atoms with Gasteiger partial charge in [-0.1, -0.05) is 30.8 Å². The van der Waals surface area contributed by atoms with E-state index in [0.717, 1.165) is 37.0 Å². The molecule has 0 saturated carbocycles. The highest BCUT2D eigenvalue weighted by Gasteiger charge is 1.99. The van der Waals surface area contributed by atoms with Crippen molar-refractivity contribution in [1.82, 2.24) is 0 Å². The molecular weight excluding hydrogens is 234 g/mol. The Morgan fingerprint density at radius 3 is 2.71 bits per heavy atom. The van der Waals surface area contributed by atoms with Crippen LogP contribution < -0.4 is 10.5 Å². The molecule has 17 heavy (non-hydrogen) atoms. The van der Waals surface area contributed by atoms with Gasteiger partial charge in [0.25, 0.3) is 0 Å². The molecule has 94 valence electrons. The standard InChI is InChI=1S/C13H19NO2S/c14-13(17)11-6-5-7-12(10-11)16-9-4-2-1-3-8-15/h5-7,10,15H,1-4,8-9H2,(H2,14,17). The summed E-state index contributed by atoms with van der Waals surface area (Å²) < 4.78 is 5.60. The molecular formula is C13H19NO2S. The van der Waals surface area contributed by atoms with E-state index in [2.05, 4.69) is 0 Å². The molecule has 4 heteroatoms. The quantitative estimate of drug-likeness (QED) is 0.551. The van der Waals surface area contributed by atoms with Gasteiger partial charge in [0.15, 0.2) is 0 Å². The lowest BCUT2D eigenvalue weighted by molar-refractivity contribution is 0.273. The summed E-state index contributed by atoms with van der Waals surface area (Å²) in [6, 6.07) is 7.51. The van der Waals surface area contributed by atoms with Crippen LogP contribution in [0.2, 0.25) is 0 Å². The second kappa shape index (κ2) is 8.03. The molecule has 0 amide bonds. The highest BCUT2D eigenvalue weighted by atomic mass is 32.1. The zero-order chi connectivity index (χ0) is 12.5. The molecule has 0 fully saturated rings. The molecule has 3 nitrogen and oxygen atoms in total. The number of hydrogen-bond acceptors (Lipinski definition) is 3. The minimum absolute atomic E-state index is 0.275. The molecule has 1 aromatic carbocycles. The second-order valence-corrected chi connectivity index (χ2v) is 4.32. The second-order valence-electron chi connectivity index (χ2n) is 3.88. The van der Waals surface area contributed by atoms with Crippen LogP contribution in [-0.2, 0) is 0 Å². The Labute approximate surface area is 108 Å². The molecule has 1 rings (SSSR count). The molecule has 0 atom stereocenters. The minimum atomic E-state index is 0.275. The highest BCUT2D eigenvalue weighted by Crippen LogP contribution is 2.14. The topological polar surface area (TPSA) is 55.5 Å². The lowest BCUT2D eigenvalue weighted by atomic mass is 10.2. The number of aliphatic hydroxyl groups excluding tert-OH is 1.